The van der Waals surface area contributed by atoms with Crippen molar-refractivity contribution in [3.63, 3.8) is 0 Å². The SMILES string of the molecule is O=S(=O)(c1ccc(NCc2cc(Br)c3c(c2)OCO3)nc1)N1CCCCC1. The fourth-order valence-corrected chi connectivity index (χ4v) is 5.27. The number of sulfonamides is 1. The first-order valence-electron chi connectivity index (χ1n) is 8.82. The molecule has 4 rings (SSSR count). The molecule has 3 heterocycles. The molecule has 0 saturated carbocycles. The maximum absolute atomic E-state index is 12.7. The molecule has 2 aliphatic rings. The van der Waals surface area contributed by atoms with Crippen molar-refractivity contribution in [1.82, 2.24) is 9.29 Å². The molecule has 1 fully saturated rings. The Hall–Kier alpha value is -1.84. The molecule has 0 unspecified atom stereocenters. The molecule has 144 valence electrons. The normalized spacial score (nSPS) is 17.1. The minimum Gasteiger partial charge on any atom is -0.454 e. The highest BCUT2D eigenvalue weighted by Crippen LogP contribution is 2.40. The highest BCUT2D eigenvalue weighted by molar-refractivity contribution is 9.10. The maximum Gasteiger partial charge on any atom is 0.244 e. The van der Waals surface area contributed by atoms with Crippen LogP contribution in [-0.4, -0.2) is 37.6 Å². The molecule has 1 N–H and O–H groups in total. The average molecular weight is 454 g/mol. The third-order valence-electron chi connectivity index (χ3n) is 4.65. The summed E-state index contributed by atoms with van der Waals surface area (Å²) in [7, 11) is -3.45. The van der Waals surface area contributed by atoms with Gasteiger partial charge in [-0.05, 0) is 58.6 Å². The van der Waals surface area contributed by atoms with Crippen LogP contribution in [0.1, 0.15) is 24.8 Å². The predicted molar refractivity (Wildman–Crippen MR) is 104 cm³/mol. The predicted octanol–water partition coefficient (Wildman–Crippen LogP) is 3.36. The van der Waals surface area contributed by atoms with Crippen molar-refractivity contribution in [2.75, 3.05) is 25.2 Å². The van der Waals surface area contributed by atoms with Crippen molar-refractivity contribution < 1.29 is 17.9 Å². The van der Waals surface area contributed by atoms with E-state index in [1.165, 1.54) is 6.20 Å². The first-order chi connectivity index (χ1) is 13.0. The van der Waals surface area contributed by atoms with Gasteiger partial charge in [0, 0.05) is 25.8 Å². The fourth-order valence-electron chi connectivity index (χ4n) is 3.21. The molecular weight excluding hydrogens is 434 g/mol. The van der Waals surface area contributed by atoms with E-state index in [1.807, 2.05) is 12.1 Å². The highest BCUT2D eigenvalue weighted by atomic mass is 79.9. The Labute approximate surface area is 166 Å². The largest absolute Gasteiger partial charge is 0.454 e. The van der Waals surface area contributed by atoms with Crippen LogP contribution in [0.2, 0.25) is 0 Å². The highest BCUT2D eigenvalue weighted by Gasteiger charge is 2.26. The molecule has 1 aromatic heterocycles. The number of nitrogens with one attached hydrogen (secondary N) is 1. The Kier molecular flexibility index (Phi) is 5.25. The number of pyridine rings is 1. The van der Waals surface area contributed by atoms with Gasteiger partial charge in [-0.25, -0.2) is 13.4 Å². The monoisotopic (exact) mass is 453 g/mol. The summed E-state index contributed by atoms with van der Waals surface area (Å²) < 4.78 is 38.5. The first kappa shape index (κ1) is 18.5. The molecule has 2 aromatic rings. The van der Waals surface area contributed by atoms with Crippen LogP contribution < -0.4 is 14.8 Å². The van der Waals surface area contributed by atoms with Crippen LogP contribution in [0.25, 0.3) is 0 Å². The number of anilines is 1. The second-order valence-corrected chi connectivity index (χ2v) is 9.30. The summed E-state index contributed by atoms with van der Waals surface area (Å²) in [5.74, 6) is 2.03. The summed E-state index contributed by atoms with van der Waals surface area (Å²) in [6, 6.07) is 7.17. The van der Waals surface area contributed by atoms with Crippen LogP contribution in [0, 0.1) is 0 Å². The molecule has 0 aliphatic carbocycles. The summed E-state index contributed by atoms with van der Waals surface area (Å²) in [5.41, 5.74) is 0.998. The van der Waals surface area contributed by atoms with Gasteiger partial charge in [0.15, 0.2) is 11.5 Å². The number of hydrogen-bond donors (Lipinski definition) is 1. The summed E-state index contributed by atoms with van der Waals surface area (Å²) in [6.07, 6.45) is 4.33. The van der Waals surface area contributed by atoms with Gasteiger partial charge in [-0.2, -0.15) is 4.31 Å². The van der Waals surface area contributed by atoms with E-state index >= 15 is 0 Å². The van der Waals surface area contributed by atoms with Crippen LogP contribution in [0.3, 0.4) is 0 Å². The average Bonchev–Trinajstić information content (AvgIpc) is 3.17. The van der Waals surface area contributed by atoms with Gasteiger partial charge in [-0.3, -0.25) is 0 Å². The molecule has 0 amide bonds. The Morgan fingerprint density at radius 3 is 2.70 bits per heavy atom. The van der Waals surface area contributed by atoms with Gasteiger partial charge in [0.25, 0.3) is 0 Å². The zero-order chi connectivity index (χ0) is 18.9. The van der Waals surface area contributed by atoms with Crippen LogP contribution >= 0.6 is 15.9 Å². The molecule has 27 heavy (non-hydrogen) atoms. The summed E-state index contributed by atoms with van der Waals surface area (Å²) >= 11 is 3.47. The number of hydrogen-bond acceptors (Lipinski definition) is 6. The second kappa shape index (κ2) is 7.65. The number of piperidine rings is 1. The molecule has 1 aromatic carbocycles. The van der Waals surface area contributed by atoms with Crippen molar-refractivity contribution >= 4 is 31.8 Å². The smallest absolute Gasteiger partial charge is 0.244 e. The van der Waals surface area contributed by atoms with Crippen molar-refractivity contribution in [3.05, 3.63) is 40.5 Å². The van der Waals surface area contributed by atoms with E-state index < -0.39 is 10.0 Å². The van der Waals surface area contributed by atoms with E-state index in [1.54, 1.807) is 16.4 Å². The second-order valence-electron chi connectivity index (χ2n) is 6.51. The number of nitrogens with zero attached hydrogens (tertiary/aromatic N) is 2. The zero-order valence-corrected chi connectivity index (χ0v) is 17.1. The van der Waals surface area contributed by atoms with E-state index in [9.17, 15) is 8.42 Å². The number of rotatable bonds is 5. The van der Waals surface area contributed by atoms with Gasteiger partial charge < -0.3 is 14.8 Å². The zero-order valence-electron chi connectivity index (χ0n) is 14.7. The summed E-state index contributed by atoms with van der Waals surface area (Å²) in [4.78, 5) is 4.50. The molecule has 1 saturated heterocycles. The lowest BCUT2D eigenvalue weighted by molar-refractivity contribution is 0.173. The van der Waals surface area contributed by atoms with E-state index in [4.69, 9.17) is 9.47 Å². The summed E-state index contributed by atoms with van der Waals surface area (Å²) in [6.45, 7) is 1.92. The number of ether oxygens (including phenoxy) is 2. The fraction of sp³-hybridized carbons (Fsp3) is 0.389. The lowest BCUT2D eigenvalue weighted by Gasteiger charge is -2.25. The third-order valence-corrected chi connectivity index (χ3v) is 7.12. The first-order valence-corrected chi connectivity index (χ1v) is 11.1. The minimum atomic E-state index is -3.45. The Morgan fingerprint density at radius 1 is 1.15 bits per heavy atom. The topological polar surface area (TPSA) is 80.8 Å². The van der Waals surface area contributed by atoms with E-state index in [2.05, 4.69) is 26.2 Å². The van der Waals surface area contributed by atoms with Crippen molar-refractivity contribution in [2.24, 2.45) is 0 Å². The molecule has 2 aliphatic heterocycles. The van der Waals surface area contributed by atoms with Crippen molar-refractivity contribution in [1.29, 1.82) is 0 Å². The Balaban J connectivity index is 1.43. The van der Waals surface area contributed by atoms with Crippen LogP contribution in [0.5, 0.6) is 11.5 Å². The Morgan fingerprint density at radius 2 is 1.96 bits per heavy atom. The van der Waals surface area contributed by atoms with Gasteiger partial charge in [-0.1, -0.05) is 6.42 Å². The van der Waals surface area contributed by atoms with E-state index in [-0.39, 0.29) is 11.7 Å². The number of aromatic nitrogens is 1. The van der Waals surface area contributed by atoms with Gasteiger partial charge in [-0.15, -0.1) is 0 Å². The van der Waals surface area contributed by atoms with Crippen LogP contribution in [-0.2, 0) is 16.6 Å². The van der Waals surface area contributed by atoms with E-state index in [0.717, 1.165) is 29.3 Å². The molecule has 9 heteroatoms. The van der Waals surface area contributed by atoms with Gasteiger partial charge in [0.1, 0.15) is 10.7 Å². The summed E-state index contributed by atoms with van der Waals surface area (Å²) in [5, 5.41) is 3.20. The lowest BCUT2D eigenvalue weighted by Crippen LogP contribution is -2.35. The molecule has 0 atom stereocenters. The number of fused-ring (bicyclic) bond motifs is 1. The quantitative estimate of drug-likeness (QED) is 0.747. The van der Waals surface area contributed by atoms with Gasteiger partial charge in [0.2, 0.25) is 16.8 Å². The van der Waals surface area contributed by atoms with Crippen LogP contribution in [0.15, 0.2) is 39.8 Å². The minimum absolute atomic E-state index is 0.222. The molecule has 0 spiro atoms. The molecule has 0 bridgehead atoms. The van der Waals surface area contributed by atoms with Crippen molar-refractivity contribution in [3.8, 4) is 11.5 Å². The van der Waals surface area contributed by atoms with Gasteiger partial charge >= 0.3 is 0 Å². The van der Waals surface area contributed by atoms with E-state index in [0.29, 0.717) is 37.0 Å². The number of benzene rings is 1. The van der Waals surface area contributed by atoms with Gasteiger partial charge in [0.05, 0.1) is 4.47 Å². The lowest BCUT2D eigenvalue weighted by atomic mass is 10.2. The molecule has 7 nitrogen and oxygen atoms in total. The Bertz CT molecular complexity index is 928. The molecule has 0 radical (unpaired) electrons. The molecular formula is C18H20BrN3O4S. The standard InChI is InChI=1S/C18H20BrN3O4S/c19-15-8-13(9-16-18(15)26-12-25-16)10-20-17-5-4-14(11-21-17)27(23,24)22-6-2-1-3-7-22/h4-5,8-9,11H,1-3,6-7,10,12H2,(H,20,21). The third kappa shape index (κ3) is 3.90. The van der Waals surface area contributed by atoms with Crippen LogP contribution in [0.4, 0.5) is 5.82 Å². The number of halogens is 1. The van der Waals surface area contributed by atoms with Crippen molar-refractivity contribution in [2.45, 2.75) is 30.7 Å². The maximum atomic E-state index is 12.7.